The second kappa shape index (κ2) is 8.16. The van der Waals surface area contributed by atoms with Gasteiger partial charge in [-0.15, -0.1) is 0 Å². The SMILES string of the molecule is CC1(c2cnc3cc(B4OC(C)(C)C(C)(C)O4)ccn23)C=CC=C(NC(=O)NCC(F)(F)F)C1. The summed E-state index contributed by atoms with van der Waals surface area (Å²) in [5.74, 6) is 0. The maximum absolute atomic E-state index is 12.4. The van der Waals surface area contributed by atoms with Crippen LogP contribution < -0.4 is 16.1 Å². The largest absolute Gasteiger partial charge is 0.495 e. The first-order valence-electron chi connectivity index (χ1n) is 11.0. The van der Waals surface area contributed by atoms with Gasteiger partial charge in [0.15, 0.2) is 0 Å². The average molecular weight is 476 g/mol. The van der Waals surface area contributed by atoms with Crippen LogP contribution in [0.5, 0.6) is 0 Å². The molecule has 182 valence electrons. The van der Waals surface area contributed by atoms with Crippen molar-refractivity contribution in [3.05, 3.63) is 54.1 Å². The van der Waals surface area contributed by atoms with Crippen LogP contribution in [0, 0.1) is 0 Å². The number of hydrogen-bond acceptors (Lipinski definition) is 4. The van der Waals surface area contributed by atoms with Crippen LogP contribution >= 0.6 is 0 Å². The number of pyridine rings is 1. The summed E-state index contributed by atoms with van der Waals surface area (Å²) in [7, 11) is -0.505. The number of urea groups is 1. The number of amides is 2. The lowest BCUT2D eigenvalue weighted by molar-refractivity contribution is -0.122. The number of rotatable bonds is 4. The fourth-order valence-electron chi connectivity index (χ4n) is 4.07. The molecule has 0 saturated carbocycles. The van der Waals surface area contributed by atoms with Crippen molar-refractivity contribution in [3.63, 3.8) is 0 Å². The highest BCUT2D eigenvalue weighted by molar-refractivity contribution is 6.62. The van der Waals surface area contributed by atoms with Crippen molar-refractivity contribution in [2.75, 3.05) is 6.54 Å². The lowest BCUT2D eigenvalue weighted by Gasteiger charge is -2.32. The summed E-state index contributed by atoms with van der Waals surface area (Å²) in [5, 5.41) is 4.34. The molecular weight excluding hydrogens is 448 g/mol. The van der Waals surface area contributed by atoms with Crippen molar-refractivity contribution in [2.45, 2.75) is 63.8 Å². The van der Waals surface area contributed by atoms with Crippen molar-refractivity contribution in [1.82, 2.24) is 20.0 Å². The molecule has 0 spiro atoms. The van der Waals surface area contributed by atoms with Crippen LogP contribution in [-0.4, -0.2) is 46.5 Å². The zero-order valence-corrected chi connectivity index (χ0v) is 19.8. The molecule has 4 rings (SSSR count). The summed E-state index contributed by atoms with van der Waals surface area (Å²) in [6, 6.07) is 2.95. The Kier molecular flexibility index (Phi) is 5.84. The summed E-state index contributed by atoms with van der Waals surface area (Å²) < 4.78 is 51.3. The molecule has 1 saturated heterocycles. The van der Waals surface area contributed by atoms with Gasteiger partial charge in [-0.25, -0.2) is 9.78 Å². The van der Waals surface area contributed by atoms with Gasteiger partial charge < -0.3 is 24.3 Å². The molecule has 1 fully saturated rings. The second-order valence-corrected chi connectivity index (χ2v) is 9.99. The Morgan fingerprint density at radius 1 is 1.21 bits per heavy atom. The molecule has 2 aromatic rings. The standard InChI is InChI=1S/C23H28BF3N4O3/c1-20(2)21(3,4)34-24(33-20)15-8-10-31-17(13-28-18(31)11-15)22(5)9-6-7-16(12-22)30-19(32)29-14-23(25,26)27/h6-11,13H,12,14H2,1-5H3,(H2,29,30,32). The molecule has 3 heterocycles. The van der Waals surface area contributed by atoms with E-state index in [1.807, 2.05) is 68.7 Å². The van der Waals surface area contributed by atoms with E-state index in [0.717, 1.165) is 11.2 Å². The molecule has 1 atom stereocenters. The van der Waals surface area contributed by atoms with Crippen molar-refractivity contribution in [3.8, 4) is 0 Å². The van der Waals surface area contributed by atoms with Crippen molar-refractivity contribution in [2.24, 2.45) is 0 Å². The molecule has 2 aromatic heterocycles. The third kappa shape index (κ3) is 4.72. The van der Waals surface area contributed by atoms with Gasteiger partial charge >= 0.3 is 19.3 Å². The van der Waals surface area contributed by atoms with Crippen LogP contribution in [-0.2, 0) is 14.7 Å². The average Bonchev–Trinajstić information content (AvgIpc) is 3.23. The van der Waals surface area contributed by atoms with Crippen molar-refractivity contribution in [1.29, 1.82) is 0 Å². The minimum absolute atomic E-state index is 0.385. The Balaban J connectivity index is 1.51. The number of carbonyl (C=O) groups excluding carboxylic acids is 1. The van der Waals surface area contributed by atoms with Gasteiger partial charge in [0, 0.05) is 23.7 Å². The van der Waals surface area contributed by atoms with Crippen LogP contribution in [0.15, 0.2) is 48.5 Å². The lowest BCUT2D eigenvalue weighted by atomic mass is 9.79. The summed E-state index contributed by atoms with van der Waals surface area (Å²) in [5.41, 5.74) is 1.52. The van der Waals surface area contributed by atoms with Gasteiger partial charge in [0.05, 0.1) is 23.1 Å². The highest BCUT2D eigenvalue weighted by Crippen LogP contribution is 2.37. The van der Waals surface area contributed by atoms with Crippen LogP contribution in [0.25, 0.3) is 5.65 Å². The van der Waals surface area contributed by atoms with Crippen LogP contribution in [0.3, 0.4) is 0 Å². The first kappa shape index (κ1) is 24.3. The lowest BCUT2D eigenvalue weighted by Crippen LogP contribution is -2.41. The van der Waals surface area contributed by atoms with Gasteiger partial charge in [0.2, 0.25) is 0 Å². The second-order valence-electron chi connectivity index (χ2n) is 9.99. The van der Waals surface area contributed by atoms with E-state index in [4.69, 9.17) is 9.31 Å². The fraction of sp³-hybridized carbons (Fsp3) is 0.478. The number of halogens is 3. The molecule has 1 aliphatic heterocycles. The minimum Gasteiger partial charge on any atom is -0.399 e. The first-order chi connectivity index (χ1) is 15.7. The quantitative estimate of drug-likeness (QED) is 0.662. The van der Waals surface area contributed by atoms with Crippen molar-refractivity contribution < 1.29 is 27.3 Å². The molecular formula is C23H28BF3N4O3. The number of nitrogens with zero attached hydrogens (tertiary/aromatic N) is 2. The third-order valence-corrected chi connectivity index (χ3v) is 6.69. The van der Waals surface area contributed by atoms with E-state index in [2.05, 4.69) is 10.3 Å². The molecule has 1 aliphatic carbocycles. The van der Waals surface area contributed by atoms with E-state index in [1.165, 1.54) is 0 Å². The Bertz CT molecular complexity index is 1160. The fourth-order valence-corrected chi connectivity index (χ4v) is 4.07. The smallest absolute Gasteiger partial charge is 0.399 e. The first-order valence-corrected chi connectivity index (χ1v) is 11.0. The van der Waals surface area contributed by atoms with Gasteiger partial charge in [-0.2, -0.15) is 13.2 Å². The van der Waals surface area contributed by atoms with Crippen LogP contribution in [0.2, 0.25) is 0 Å². The Hall–Kier alpha value is -2.79. The summed E-state index contributed by atoms with van der Waals surface area (Å²) in [4.78, 5) is 16.5. The number of nitrogens with one attached hydrogen (secondary N) is 2. The molecule has 2 amide bonds. The van der Waals surface area contributed by atoms with Gasteiger partial charge in [-0.05, 0) is 51.4 Å². The normalized spacial score (nSPS) is 23.8. The summed E-state index contributed by atoms with van der Waals surface area (Å²) in [6.07, 6.45) is 5.02. The molecule has 0 radical (unpaired) electrons. The van der Waals surface area contributed by atoms with E-state index in [-0.39, 0.29) is 0 Å². The number of hydrogen-bond donors (Lipinski definition) is 2. The molecule has 2 aliphatic rings. The maximum Gasteiger partial charge on any atom is 0.495 e. The number of allylic oxidation sites excluding steroid dienone is 4. The number of alkyl halides is 3. The highest BCUT2D eigenvalue weighted by Gasteiger charge is 2.51. The van der Waals surface area contributed by atoms with Gasteiger partial charge in [-0.1, -0.05) is 19.1 Å². The minimum atomic E-state index is -4.47. The van der Waals surface area contributed by atoms with E-state index < -0.39 is 42.5 Å². The van der Waals surface area contributed by atoms with Crippen LogP contribution in [0.4, 0.5) is 18.0 Å². The molecule has 2 N–H and O–H groups in total. The van der Waals surface area contributed by atoms with E-state index in [1.54, 1.807) is 18.3 Å². The maximum atomic E-state index is 12.4. The Labute approximate surface area is 196 Å². The Morgan fingerprint density at radius 3 is 2.53 bits per heavy atom. The van der Waals surface area contributed by atoms with Gasteiger partial charge in [0.25, 0.3) is 0 Å². The van der Waals surface area contributed by atoms with E-state index in [9.17, 15) is 18.0 Å². The monoisotopic (exact) mass is 476 g/mol. The molecule has 0 bridgehead atoms. The van der Waals surface area contributed by atoms with Crippen molar-refractivity contribution >= 4 is 24.3 Å². The molecule has 0 aromatic carbocycles. The summed E-state index contributed by atoms with van der Waals surface area (Å²) in [6.45, 7) is 8.58. The molecule has 1 unspecified atom stereocenters. The predicted molar refractivity (Wildman–Crippen MR) is 123 cm³/mol. The predicted octanol–water partition coefficient (Wildman–Crippen LogP) is 3.60. The number of fused-ring (bicyclic) bond motifs is 1. The third-order valence-electron chi connectivity index (χ3n) is 6.69. The van der Waals surface area contributed by atoms with Gasteiger partial charge in [-0.3, -0.25) is 0 Å². The topological polar surface area (TPSA) is 76.9 Å². The number of carbonyl (C=O) groups is 1. The zero-order chi connectivity index (χ0) is 24.9. The molecule has 7 nitrogen and oxygen atoms in total. The highest BCUT2D eigenvalue weighted by atomic mass is 19.4. The van der Waals surface area contributed by atoms with E-state index in [0.29, 0.717) is 17.8 Å². The molecule has 11 heteroatoms. The van der Waals surface area contributed by atoms with Gasteiger partial charge in [0.1, 0.15) is 12.2 Å². The number of imidazole rings is 1. The zero-order valence-electron chi connectivity index (χ0n) is 19.8. The van der Waals surface area contributed by atoms with E-state index >= 15 is 0 Å². The molecule has 34 heavy (non-hydrogen) atoms. The summed E-state index contributed by atoms with van der Waals surface area (Å²) >= 11 is 0. The number of aromatic nitrogens is 2. The van der Waals surface area contributed by atoms with Crippen LogP contribution in [0.1, 0.15) is 46.7 Å². The Morgan fingerprint density at radius 2 is 1.88 bits per heavy atom.